The molecule has 2 aromatic carbocycles. The molecule has 0 aromatic heterocycles. The zero-order valence-electron chi connectivity index (χ0n) is 13.8. The molecule has 1 fully saturated rings. The highest BCUT2D eigenvalue weighted by atomic mass is 32.2. The van der Waals surface area contributed by atoms with Crippen LogP contribution in [0.25, 0.3) is 0 Å². The molecule has 0 unspecified atom stereocenters. The summed E-state index contributed by atoms with van der Waals surface area (Å²) in [4.78, 5) is 0.176. The summed E-state index contributed by atoms with van der Waals surface area (Å²) in [6.07, 6.45) is 1.49. The zero-order chi connectivity index (χ0) is 18.1. The van der Waals surface area contributed by atoms with Crippen molar-refractivity contribution >= 4 is 31.4 Å². The van der Waals surface area contributed by atoms with Crippen LogP contribution in [-0.2, 0) is 20.0 Å². The third-order valence-corrected chi connectivity index (χ3v) is 7.37. The van der Waals surface area contributed by atoms with Crippen LogP contribution >= 0.6 is 0 Å². The molecule has 0 atom stereocenters. The molecule has 0 radical (unpaired) electrons. The maximum absolute atomic E-state index is 12.4. The van der Waals surface area contributed by atoms with Crippen molar-refractivity contribution in [1.29, 1.82) is 0 Å². The van der Waals surface area contributed by atoms with Gasteiger partial charge in [-0.2, -0.15) is 0 Å². The second-order valence-electron chi connectivity index (χ2n) is 6.02. The van der Waals surface area contributed by atoms with E-state index in [-0.39, 0.29) is 10.6 Å². The van der Waals surface area contributed by atoms with Crippen LogP contribution < -0.4 is 9.03 Å². The number of anilines is 2. The van der Waals surface area contributed by atoms with E-state index in [9.17, 15) is 16.8 Å². The first-order chi connectivity index (χ1) is 11.8. The van der Waals surface area contributed by atoms with E-state index in [2.05, 4.69) is 4.72 Å². The van der Waals surface area contributed by atoms with Gasteiger partial charge in [0.1, 0.15) is 0 Å². The van der Waals surface area contributed by atoms with Gasteiger partial charge < -0.3 is 0 Å². The van der Waals surface area contributed by atoms with Gasteiger partial charge in [0.05, 0.1) is 16.3 Å². The number of benzene rings is 2. The average molecular weight is 380 g/mol. The van der Waals surface area contributed by atoms with Crippen molar-refractivity contribution in [3.05, 3.63) is 54.1 Å². The maximum atomic E-state index is 12.4. The van der Waals surface area contributed by atoms with Gasteiger partial charge in [-0.25, -0.2) is 16.8 Å². The Morgan fingerprint density at radius 1 is 1.04 bits per heavy atom. The zero-order valence-corrected chi connectivity index (χ0v) is 15.5. The van der Waals surface area contributed by atoms with E-state index in [1.165, 1.54) is 16.4 Å². The Kier molecular flexibility index (Phi) is 4.75. The second-order valence-corrected chi connectivity index (χ2v) is 9.71. The molecule has 1 N–H and O–H groups in total. The summed E-state index contributed by atoms with van der Waals surface area (Å²) in [7, 11) is -6.97. The smallest absolute Gasteiger partial charge is 0.261 e. The Labute approximate surface area is 148 Å². The van der Waals surface area contributed by atoms with Gasteiger partial charge in [-0.1, -0.05) is 18.2 Å². The molecule has 134 valence electrons. The molecular formula is C17H20N2O4S2. The third-order valence-electron chi connectivity index (χ3n) is 4.12. The Hall–Kier alpha value is -2.06. The van der Waals surface area contributed by atoms with Crippen LogP contribution in [0, 0.1) is 6.92 Å². The molecule has 3 rings (SSSR count). The van der Waals surface area contributed by atoms with E-state index in [1.807, 2.05) is 0 Å². The molecule has 25 heavy (non-hydrogen) atoms. The van der Waals surface area contributed by atoms with E-state index in [0.717, 1.165) is 6.42 Å². The molecule has 0 spiro atoms. The Balaban J connectivity index is 1.88. The summed E-state index contributed by atoms with van der Waals surface area (Å²) in [6.45, 7) is 2.23. The Morgan fingerprint density at radius 3 is 2.40 bits per heavy atom. The topological polar surface area (TPSA) is 83.6 Å². The van der Waals surface area contributed by atoms with E-state index in [1.54, 1.807) is 43.3 Å². The van der Waals surface area contributed by atoms with Crippen molar-refractivity contribution in [2.45, 2.75) is 24.7 Å². The minimum absolute atomic E-state index is 0.148. The largest absolute Gasteiger partial charge is 0.280 e. The number of nitrogens with one attached hydrogen (secondary N) is 1. The van der Waals surface area contributed by atoms with E-state index >= 15 is 0 Å². The van der Waals surface area contributed by atoms with Gasteiger partial charge >= 0.3 is 0 Å². The highest BCUT2D eigenvalue weighted by molar-refractivity contribution is 7.93. The molecule has 0 aliphatic carbocycles. The third kappa shape index (κ3) is 3.80. The predicted molar refractivity (Wildman–Crippen MR) is 98.8 cm³/mol. The standard InChI is InChI=1S/C17H20N2O4S2/c1-14-13-15(18-25(22,23)16-7-3-2-4-8-16)9-10-17(14)19-11-5-6-12-24(19,20)21/h2-4,7-10,13,18H,5-6,11-12H2,1H3. The Morgan fingerprint density at radius 2 is 1.76 bits per heavy atom. The van der Waals surface area contributed by atoms with Gasteiger partial charge in [-0.3, -0.25) is 9.03 Å². The monoisotopic (exact) mass is 380 g/mol. The first kappa shape index (κ1) is 17.8. The first-order valence-corrected chi connectivity index (χ1v) is 11.1. The summed E-state index contributed by atoms with van der Waals surface area (Å²) >= 11 is 0. The molecule has 0 saturated carbocycles. The fourth-order valence-electron chi connectivity index (χ4n) is 2.87. The van der Waals surface area contributed by atoms with Crippen molar-refractivity contribution in [2.75, 3.05) is 21.3 Å². The van der Waals surface area contributed by atoms with Crippen molar-refractivity contribution in [2.24, 2.45) is 0 Å². The van der Waals surface area contributed by atoms with Crippen LogP contribution in [-0.4, -0.2) is 29.1 Å². The summed E-state index contributed by atoms with van der Waals surface area (Å²) < 4.78 is 53.2. The van der Waals surface area contributed by atoms with Crippen LogP contribution in [0.3, 0.4) is 0 Å². The minimum Gasteiger partial charge on any atom is -0.280 e. The van der Waals surface area contributed by atoms with Crippen molar-refractivity contribution in [3.63, 3.8) is 0 Å². The van der Waals surface area contributed by atoms with Gasteiger partial charge in [0, 0.05) is 12.2 Å². The molecule has 1 saturated heterocycles. The molecule has 0 bridgehead atoms. The molecule has 6 nitrogen and oxygen atoms in total. The predicted octanol–water partition coefficient (Wildman–Crippen LogP) is 2.73. The van der Waals surface area contributed by atoms with Crippen molar-refractivity contribution in [3.8, 4) is 0 Å². The molecule has 1 heterocycles. The number of aryl methyl sites for hydroxylation is 1. The fraction of sp³-hybridized carbons (Fsp3) is 0.294. The van der Waals surface area contributed by atoms with Crippen molar-refractivity contribution in [1.82, 2.24) is 0 Å². The average Bonchev–Trinajstić information content (AvgIpc) is 2.56. The van der Waals surface area contributed by atoms with Crippen LogP contribution in [0.5, 0.6) is 0 Å². The second kappa shape index (κ2) is 6.68. The summed E-state index contributed by atoms with van der Waals surface area (Å²) in [5, 5.41) is 0. The van der Waals surface area contributed by atoms with Gasteiger partial charge in [0.2, 0.25) is 10.0 Å². The Bertz CT molecular complexity index is 971. The van der Waals surface area contributed by atoms with Crippen LogP contribution in [0.1, 0.15) is 18.4 Å². The lowest BCUT2D eigenvalue weighted by molar-refractivity contribution is 0.574. The van der Waals surface area contributed by atoms with E-state index in [0.29, 0.717) is 29.9 Å². The van der Waals surface area contributed by atoms with Crippen LogP contribution in [0.4, 0.5) is 11.4 Å². The summed E-state index contributed by atoms with van der Waals surface area (Å²) in [6, 6.07) is 13.0. The molecule has 8 heteroatoms. The molecule has 2 aromatic rings. The van der Waals surface area contributed by atoms with Crippen LogP contribution in [0.2, 0.25) is 0 Å². The number of hydrogen-bond donors (Lipinski definition) is 1. The molecular weight excluding hydrogens is 360 g/mol. The minimum atomic E-state index is -3.67. The van der Waals surface area contributed by atoms with E-state index in [4.69, 9.17) is 0 Å². The summed E-state index contributed by atoms with van der Waals surface area (Å²) in [5.41, 5.74) is 1.71. The summed E-state index contributed by atoms with van der Waals surface area (Å²) in [5.74, 6) is 0.148. The lowest BCUT2D eigenvalue weighted by Gasteiger charge is -2.29. The van der Waals surface area contributed by atoms with E-state index < -0.39 is 20.0 Å². The SMILES string of the molecule is Cc1cc(NS(=O)(=O)c2ccccc2)ccc1N1CCCCS1(=O)=O. The first-order valence-electron chi connectivity index (χ1n) is 7.98. The molecule has 0 amide bonds. The number of sulfonamides is 2. The van der Waals surface area contributed by atoms with Gasteiger partial charge in [0.25, 0.3) is 10.0 Å². The van der Waals surface area contributed by atoms with Gasteiger partial charge in [0.15, 0.2) is 0 Å². The highest BCUT2D eigenvalue weighted by Crippen LogP contribution is 2.29. The lowest BCUT2D eigenvalue weighted by Crippen LogP contribution is -2.38. The lowest BCUT2D eigenvalue weighted by atomic mass is 10.1. The maximum Gasteiger partial charge on any atom is 0.261 e. The number of nitrogens with zero attached hydrogens (tertiary/aromatic N) is 1. The normalized spacial score (nSPS) is 17.2. The molecule has 1 aliphatic rings. The van der Waals surface area contributed by atoms with Crippen molar-refractivity contribution < 1.29 is 16.8 Å². The fourth-order valence-corrected chi connectivity index (χ4v) is 5.64. The quantitative estimate of drug-likeness (QED) is 0.884. The van der Waals surface area contributed by atoms with Gasteiger partial charge in [-0.05, 0) is 55.7 Å². The van der Waals surface area contributed by atoms with Gasteiger partial charge in [-0.15, -0.1) is 0 Å². The number of hydrogen-bond acceptors (Lipinski definition) is 4. The highest BCUT2D eigenvalue weighted by Gasteiger charge is 2.27. The van der Waals surface area contributed by atoms with Crippen LogP contribution in [0.15, 0.2) is 53.4 Å². The number of rotatable bonds is 4. The molecule has 1 aliphatic heterocycles.